The van der Waals surface area contributed by atoms with Crippen LogP contribution in [0.4, 0.5) is 11.4 Å². The Bertz CT molecular complexity index is 1360. The molecule has 1 spiro atoms. The molecule has 1 saturated carbocycles. The molecule has 2 N–H and O–H groups in total. The monoisotopic (exact) mass is 607 g/mol. The number of hydrogen-bond donors (Lipinski definition) is 2. The lowest BCUT2D eigenvalue weighted by Crippen LogP contribution is -2.53. The number of nitrogens with zero attached hydrogens (tertiary/aromatic N) is 3. The third-order valence-corrected chi connectivity index (χ3v) is 10.3. The molecule has 210 valence electrons. The number of para-hydroxylation sites is 2. The van der Waals surface area contributed by atoms with Crippen molar-refractivity contribution < 1.29 is 19.1 Å². The molecule has 2 saturated heterocycles. The number of amides is 3. The molecule has 7 rings (SSSR count). The predicted octanol–water partition coefficient (Wildman–Crippen LogP) is 2.97. The van der Waals surface area contributed by atoms with Gasteiger partial charge in [0.2, 0.25) is 17.7 Å². The van der Waals surface area contributed by atoms with Gasteiger partial charge >= 0.3 is 0 Å². The zero-order valence-corrected chi connectivity index (χ0v) is 24.0. The first-order valence-electron chi connectivity index (χ1n) is 14.4. The van der Waals surface area contributed by atoms with E-state index < -0.39 is 5.41 Å². The number of hydrogen-bond acceptors (Lipinski definition) is 6. The van der Waals surface area contributed by atoms with Crippen LogP contribution in [0, 0.1) is 11.8 Å². The van der Waals surface area contributed by atoms with Gasteiger partial charge in [-0.25, -0.2) is 0 Å². The molecule has 2 aromatic rings. The molecule has 10 heteroatoms. The Morgan fingerprint density at radius 2 is 1.82 bits per heavy atom. The molecular formula is C30H34BrN5O4. The summed E-state index contributed by atoms with van der Waals surface area (Å²) in [5, 5.41) is 0. The molecule has 0 bridgehead atoms. The summed E-state index contributed by atoms with van der Waals surface area (Å²) in [4.78, 5) is 46.8. The van der Waals surface area contributed by atoms with Crippen LogP contribution >= 0.6 is 15.9 Å². The van der Waals surface area contributed by atoms with Crippen molar-refractivity contribution in [2.75, 3.05) is 49.1 Å². The highest BCUT2D eigenvalue weighted by atomic mass is 79.9. The smallest absolute Gasteiger partial charge is 0.247 e. The fourth-order valence-corrected chi connectivity index (χ4v) is 8.28. The highest BCUT2D eigenvalue weighted by Gasteiger charge is 2.54. The molecular weight excluding hydrogens is 574 g/mol. The van der Waals surface area contributed by atoms with Crippen molar-refractivity contribution in [1.82, 2.24) is 15.8 Å². The van der Waals surface area contributed by atoms with Gasteiger partial charge in [0.25, 0.3) is 0 Å². The fraction of sp³-hybridized carbons (Fsp3) is 0.500. The van der Waals surface area contributed by atoms with Gasteiger partial charge in [-0.1, -0.05) is 34.1 Å². The van der Waals surface area contributed by atoms with E-state index in [4.69, 9.17) is 4.74 Å². The Balaban J connectivity index is 1.10. The number of hydrazine groups is 1. The van der Waals surface area contributed by atoms with Gasteiger partial charge in [0.05, 0.1) is 17.6 Å². The zero-order valence-electron chi connectivity index (χ0n) is 22.4. The van der Waals surface area contributed by atoms with Crippen molar-refractivity contribution in [2.24, 2.45) is 11.8 Å². The van der Waals surface area contributed by atoms with Crippen molar-refractivity contribution >= 4 is 45.0 Å². The maximum Gasteiger partial charge on any atom is 0.247 e. The average Bonchev–Trinajstić information content (AvgIpc) is 3.54. The largest absolute Gasteiger partial charge is 0.490 e. The van der Waals surface area contributed by atoms with E-state index in [-0.39, 0.29) is 30.2 Å². The van der Waals surface area contributed by atoms with E-state index in [0.29, 0.717) is 56.8 Å². The number of fused-ring (bicyclic) bond motifs is 4. The van der Waals surface area contributed by atoms with Crippen LogP contribution < -0.4 is 25.4 Å². The van der Waals surface area contributed by atoms with Crippen LogP contribution in [-0.2, 0) is 19.8 Å². The van der Waals surface area contributed by atoms with Crippen LogP contribution in [0.5, 0.6) is 5.75 Å². The summed E-state index contributed by atoms with van der Waals surface area (Å²) >= 11 is 3.73. The van der Waals surface area contributed by atoms with Crippen molar-refractivity contribution in [2.45, 2.75) is 43.6 Å². The molecule has 9 nitrogen and oxygen atoms in total. The van der Waals surface area contributed by atoms with E-state index in [9.17, 15) is 14.4 Å². The van der Waals surface area contributed by atoms with Gasteiger partial charge in [-0.15, -0.1) is 0 Å². The second kappa shape index (κ2) is 10.2. The number of likely N-dealkylation sites (tertiary alicyclic amines) is 1. The number of anilines is 2. The lowest BCUT2D eigenvalue weighted by molar-refractivity contribution is -0.140. The van der Waals surface area contributed by atoms with Crippen LogP contribution in [-0.4, -0.2) is 68.0 Å². The molecule has 3 fully saturated rings. The second-order valence-corrected chi connectivity index (χ2v) is 12.6. The number of carbonyl (C=O) groups excluding carboxylic acids is 3. The minimum Gasteiger partial charge on any atom is -0.490 e. The van der Waals surface area contributed by atoms with Gasteiger partial charge in [0, 0.05) is 47.3 Å². The lowest BCUT2D eigenvalue weighted by Gasteiger charge is -2.41. The van der Waals surface area contributed by atoms with Crippen LogP contribution in [0.2, 0.25) is 0 Å². The number of ether oxygens (including phenoxy) is 1. The number of piperidine rings is 1. The molecule has 4 aliphatic heterocycles. The predicted molar refractivity (Wildman–Crippen MR) is 154 cm³/mol. The van der Waals surface area contributed by atoms with Crippen molar-refractivity contribution in [3.05, 3.63) is 52.5 Å². The molecule has 40 heavy (non-hydrogen) atoms. The molecule has 0 aromatic heterocycles. The van der Waals surface area contributed by atoms with Gasteiger partial charge in [-0.05, 0) is 62.3 Å². The van der Waals surface area contributed by atoms with Gasteiger partial charge in [-0.2, -0.15) is 0 Å². The van der Waals surface area contributed by atoms with E-state index in [0.717, 1.165) is 47.2 Å². The van der Waals surface area contributed by atoms with E-state index in [1.165, 1.54) is 0 Å². The number of nitrogens with one attached hydrogen (secondary N) is 2. The summed E-state index contributed by atoms with van der Waals surface area (Å²) in [6.45, 7) is 2.84. The Labute approximate surface area is 242 Å². The topological polar surface area (TPSA) is 94.2 Å². The molecule has 0 radical (unpaired) electrons. The Hall–Kier alpha value is -2.95. The first-order chi connectivity index (χ1) is 19.5. The standard InChI is InChI=1S/C30H34BrN5O4/c31-21-4-3-6-24-27(21)30(10-12-34(13-11-30)28(38)19-8-9-22-20(16-19)17-32-33-22)29(39)36(24)18-26(37)35-14-15-40-25-7-2-1-5-23(25)35/h1-7,19-20,22,32-33H,8-18H2. The summed E-state index contributed by atoms with van der Waals surface area (Å²) in [7, 11) is 0. The van der Waals surface area contributed by atoms with E-state index in [1.807, 2.05) is 47.4 Å². The zero-order chi connectivity index (χ0) is 27.4. The molecule has 2 aromatic carbocycles. The third-order valence-electron chi connectivity index (χ3n) is 9.65. The molecule has 4 heterocycles. The second-order valence-electron chi connectivity index (χ2n) is 11.7. The lowest BCUT2D eigenvalue weighted by atomic mass is 9.73. The highest BCUT2D eigenvalue weighted by Crippen LogP contribution is 2.51. The van der Waals surface area contributed by atoms with Crippen LogP contribution in [0.25, 0.3) is 0 Å². The van der Waals surface area contributed by atoms with Crippen molar-refractivity contribution in [3.63, 3.8) is 0 Å². The van der Waals surface area contributed by atoms with Gasteiger partial charge < -0.3 is 19.4 Å². The van der Waals surface area contributed by atoms with Crippen molar-refractivity contribution in [1.29, 1.82) is 0 Å². The molecule has 3 unspecified atom stereocenters. The maximum atomic E-state index is 14.3. The van der Waals surface area contributed by atoms with Crippen LogP contribution in [0.1, 0.15) is 37.7 Å². The van der Waals surface area contributed by atoms with E-state index >= 15 is 0 Å². The number of rotatable bonds is 3. The summed E-state index contributed by atoms with van der Waals surface area (Å²) in [6.07, 6.45) is 3.95. The normalized spacial score (nSPS) is 26.8. The Kier molecular flexibility index (Phi) is 6.59. The third kappa shape index (κ3) is 4.14. The van der Waals surface area contributed by atoms with E-state index in [1.54, 1.807) is 9.80 Å². The number of halogens is 1. The fourth-order valence-electron chi connectivity index (χ4n) is 7.55. The maximum absolute atomic E-state index is 14.3. The Morgan fingerprint density at radius 1 is 1.02 bits per heavy atom. The highest BCUT2D eigenvalue weighted by molar-refractivity contribution is 9.10. The SMILES string of the molecule is O=C(C1CCC2NNCC2C1)N1CCC2(CC1)C(=O)N(CC(=O)N1CCOc3ccccc31)c1cccc(Br)c12. The summed E-state index contributed by atoms with van der Waals surface area (Å²) in [5.41, 5.74) is 8.31. The number of benzene rings is 2. The van der Waals surface area contributed by atoms with Gasteiger partial charge in [0.15, 0.2) is 0 Å². The van der Waals surface area contributed by atoms with Crippen LogP contribution in [0.3, 0.4) is 0 Å². The minimum atomic E-state index is -0.744. The minimum absolute atomic E-state index is 0.0340. The summed E-state index contributed by atoms with van der Waals surface area (Å²) in [5.74, 6) is 1.30. The van der Waals surface area contributed by atoms with E-state index in [2.05, 4.69) is 26.8 Å². The van der Waals surface area contributed by atoms with Crippen molar-refractivity contribution in [3.8, 4) is 5.75 Å². The molecule has 3 atom stereocenters. The first kappa shape index (κ1) is 26.0. The molecule has 3 amide bonds. The molecule has 1 aliphatic carbocycles. The molecule has 5 aliphatic rings. The first-order valence-corrected chi connectivity index (χ1v) is 15.2. The summed E-state index contributed by atoms with van der Waals surface area (Å²) in [6, 6.07) is 13.8. The average molecular weight is 609 g/mol. The van der Waals surface area contributed by atoms with Gasteiger partial charge in [-0.3, -0.25) is 25.2 Å². The van der Waals surface area contributed by atoms with Gasteiger partial charge in [0.1, 0.15) is 18.9 Å². The Morgan fingerprint density at radius 3 is 2.67 bits per heavy atom. The number of carbonyl (C=O) groups is 3. The quantitative estimate of drug-likeness (QED) is 0.557. The summed E-state index contributed by atoms with van der Waals surface area (Å²) < 4.78 is 6.61. The van der Waals surface area contributed by atoms with Crippen LogP contribution in [0.15, 0.2) is 46.9 Å².